The van der Waals surface area contributed by atoms with Crippen molar-refractivity contribution in [3.63, 3.8) is 0 Å². The van der Waals surface area contributed by atoms with Crippen LogP contribution in [0.4, 0.5) is 0 Å². The lowest BCUT2D eigenvalue weighted by atomic mass is 9.64. The van der Waals surface area contributed by atoms with E-state index in [9.17, 15) is 9.90 Å². The molecule has 3 heteroatoms. The van der Waals surface area contributed by atoms with Crippen LogP contribution in [0.15, 0.2) is 0 Å². The molecule has 0 spiro atoms. The van der Waals surface area contributed by atoms with Crippen molar-refractivity contribution in [2.24, 2.45) is 10.8 Å². The Balaban J connectivity index is 2.58. The molecule has 0 aliphatic heterocycles. The van der Waals surface area contributed by atoms with Crippen molar-refractivity contribution in [2.45, 2.75) is 72.3 Å². The van der Waals surface area contributed by atoms with Crippen LogP contribution in [0.1, 0.15) is 66.7 Å². The minimum absolute atomic E-state index is 0.187. The monoisotopic (exact) mass is 256 g/mol. The van der Waals surface area contributed by atoms with Gasteiger partial charge in [-0.2, -0.15) is 0 Å². The summed E-state index contributed by atoms with van der Waals surface area (Å²) in [5, 5.41) is 9.53. The van der Waals surface area contributed by atoms with Crippen molar-refractivity contribution in [3.05, 3.63) is 0 Å². The molecule has 0 aromatic rings. The van der Waals surface area contributed by atoms with Gasteiger partial charge >= 0.3 is 5.97 Å². The fourth-order valence-corrected chi connectivity index (χ4v) is 2.53. The summed E-state index contributed by atoms with van der Waals surface area (Å²) in [6.45, 7) is 11.0. The number of hydrogen-bond acceptors (Lipinski definition) is 2. The normalized spacial score (nSPS) is 22.7. The van der Waals surface area contributed by atoms with Gasteiger partial charge in [-0.3, -0.25) is 4.79 Å². The van der Waals surface area contributed by atoms with Crippen LogP contribution in [-0.4, -0.2) is 23.3 Å². The average Bonchev–Trinajstić information content (AvgIpc) is 2.19. The molecule has 1 saturated carbocycles. The standard InChI is InChI=1S/C15H28O3/c1-13(2,3)18-11-10-15(12(16)17)8-6-14(4,5)7-9-15/h6-11H2,1-5H3,(H,16,17). The predicted octanol–water partition coefficient (Wildman–Crippen LogP) is 3.86. The molecular weight excluding hydrogens is 228 g/mol. The summed E-state index contributed by atoms with van der Waals surface area (Å²) in [7, 11) is 0. The second-order valence-corrected chi connectivity index (χ2v) is 7.46. The van der Waals surface area contributed by atoms with E-state index in [-0.39, 0.29) is 5.60 Å². The summed E-state index contributed by atoms with van der Waals surface area (Å²) in [6, 6.07) is 0. The van der Waals surface area contributed by atoms with E-state index in [1.807, 2.05) is 20.8 Å². The van der Waals surface area contributed by atoms with Gasteiger partial charge < -0.3 is 9.84 Å². The molecule has 0 aromatic heterocycles. The number of carboxylic acids is 1. The SMILES string of the molecule is CC1(C)CCC(CCOC(C)(C)C)(C(=O)O)CC1. The highest BCUT2D eigenvalue weighted by atomic mass is 16.5. The molecule has 1 fully saturated rings. The topological polar surface area (TPSA) is 46.5 Å². The highest BCUT2D eigenvalue weighted by Crippen LogP contribution is 2.47. The number of carbonyl (C=O) groups is 1. The van der Waals surface area contributed by atoms with Gasteiger partial charge in [-0.1, -0.05) is 13.8 Å². The first-order valence-electron chi connectivity index (χ1n) is 6.94. The van der Waals surface area contributed by atoms with Crippen LogP contribution in [0.3, 0.4) is 0 Å². The molecule has 1 aliphatic carbocycles. The highest BCUT2D eigenvalue weighted by Gasteiger charge is 2.43. The quantitative estimate of drug-likeness (QED) is 0.830. The van der Waals surface area contributed by atoms with Crippen molar-refractivity contribution in [2.75, 3.05) is 6.61 Å². The summed E-state index contributed by atoms with van der Waals surface area (Å²) < 4.78 is 5.70. The van der Waals surface area contributed by atoms with Crippen LogP contribution in [-0.2, 0) is 9.53 Å². The minimum Gasteiger partial charge on any atom is -0.481 e. The first kappa shape index (κ1) is 15.5. The van der Waals surface area contributed by atoms with Gasteiger partial charge in [0.1, 0.15) is 0 Å². The smallest absolute Gasteiger partial charge is 0.309 e. The molecule has 0 heterocycles. The summed E-state index contributed by atoms with van der Waals surface area (Å²) in [6.07, 6.45) is 4.19. The Bertz CT molecular complexity index is 289. The highest BCUT2D eigenvalue weighted by molar-refractivity contribution is 5.74. The molecule has 106 valence electrons. The molecular formula is C15H28O3. The zero-order valence-corrected chi connectivity index (χ0v) is 12.5. The number of ether oxygens (including phenoxy) is 1. The van der Waals surface area contributed by atoms with Crippen molar-refractivity contribution >= 4 is 5.97 Å². The summed E-state index contributed by atoms with van der Waals surface area (Å²) in [5.41, 5.74) is -0.446. The van der Waals surface area contributed by atoms with E-state index in [1.165, 1.54) is 0 Å². The molecule has 1 N–H and O–H groups in total. The van der Waals surface area contributed by atoms with Gasteiger partial charge in [0, 0.05) is 6.61 Å². The zero-order chi connectivity index (χ0) is 14.0. The Morgan fingerprint density at radius 3 is 2.06 bits per heavy atom. The Morgan fingerprint density at radius 2 is 1.67 bits per heavy atom. The molecule has 0 aromatic carbocycles. The number of rotatable bonds is 4. The first-order valence-corrected chi connectivity index (χ1v) is 6.94. The number of carboxylic acid groups (broad SMARTS) is 1. The lowest BCUT2D eigenvalue weighted by Gasteiger charge is -2.41. The van der Waals surface area contributed by atoms with E-state index in [1.54, 1.807) is 0 Å². The third-order valence-electron chi connectivity index (χ3n) is 4.13. The van der Waals surface area contributed by atoms with E-state index in [0.717, 1.165) is 25.7 Å². The van der Waals surface area contributed by atoms with Crippen molar-refractivity contribution in [1.82, 2.24) is 0 Å². The van der Waals surface area contributed by atoms with Gasteiger partial charge in [-0.05, 0) is 58.3 Å². The number of hydrogen-bond donors (Lipinski definition) is 1. The van der Waals surface area contributed by atoms with Crippen molar-refractivity contribution < 1.29 is 14.6 Å². The Kier molecular flexibility index (Phi) is 4.47. The molecule has 0 saturated heterocycles. The maximum absolute atomic E-state index is 11.6. The summed E-state index contributed by atoms with van der Waals surface area (Å²) >= 11 is 0. The molecule has 1 aliphatic rings. The average molecular weight is 256 g/mol. The van der Waals surface area contributed by atoms with Gasteiger partial charge in [-0.25, -0.2) is 0 Å². The van der Waals surface area contributed by atoms with Crippen LogP contribution in [0.2, 0.25) is 0 Å². The molecule has 0 unspecified atom stereocenters. The second-order valence-electron chi connectivity index (χ2n) is 7.46. The van der Waals surface area contributed by atoms with Gasteiger partial charge in [0.2, 0.25) is 0 Å². The predicted molar refractivity (Wildman–Crippen MR) is 72.6 cm³/mol. The zero-order valence-electron chi connectivity index (χ0n) is 12.5. The molecule has 1 rings (SSSR count). The number of aliphatic carboxylic acids is 1. The lowest BCUT2D eigenvalue weighted by Crippen LogP contribution is -2.39. The van der Waals surface area contributed by atoms with Crippen LogP contribution in [0, 0.1) is 10.8 Å². The Labute approximate surface area is 111 Å². The molecule has 0 radical (unpaired) electrons. The molecule has 18 heavy (non-hydrogen) atoms. The molecule has 0 atom stereocenters. The van der Waals surface area contributed by atoms with Gasteiger partial charge in [-0.15, -0.1) is 0 Å². The van der Waals surface area contributed by atoms with Gasteiger partial charge in [0.05, 0.1) is 11.0 Å². The van der Waals surface area contributed by atoms with E-state index in [2.05, 4.69) is 13.8 Å². The fourth-order valence-electron chi connectivity index (χ4n) is 2.53. The third kappa shape index (κ3) is 4.27. The van der Waals surface area contributed by atoms with E-state index in [4.69, 9.17) is 4.74 Å². The van der Waals surface area contributed by atoms with E-state index < -0.39 is 11.4 Å². The lowest BCUT2D eigenvalue weighted by molar-refractivity contribution is -0.155. The van der Waals surface area contributed by atoms with E-state index >= 15 is 0 Å². The summed E-state index contributed by atoms with van der Waals surface area (Å²) in [4.78, 5) is 11.6. The maximum Gasteiger partial charge on any atom is 0.309 e. The largest absolute Gasteiger partial charge is 0.481 e. The van der Waals surface area contributed by atoms with Gasteiger partial charge in [0.25, 0.3) is 0 Å². The van der Waals surface area contributed by atoms with Gasteiger partial charge in [0.15, 0.2) is 0 Å². The van der Waals surface area contributed by atoms with Crippen LogP contribution >= 0.6 is 0 Å². The Morgan fingerprint density at radius 1 is 1.17 bits per heavy atom. The minimum atomic E-state index is -0.643. The van der Waals surface area contributed by atoms with Crippen molar-refractivity contribution in [3.8, 4) is 0 Å². The summed E-state index contributed by atoms with van der Waals surface area (Å²) in [5.74, 6) is -0.643. The molecule has 3 nitrogen and oxygen atoms in total. The van der Waals surface area contributed by atoms with Crippen LogP contribution in [0.5, 0.6) is 0 Å². The van der Waals surface area contributed by atoms with Crippen LogP contribution < -0.4 is 0 Å². The van der Waals surface area contributed by atoms with E-state index in [0.29, 0.717) is 18.4 Å². The maximum atomic E-state index is 11.6. The fraction of sp³-hybridized carbons (Fsp3) is 0.933. The second kappa shape index (κ2) is 5.20. The third-order valence-corrected chi connectivity index (χ3v) is 4.13. The Hall–Kier alpha value is -0.570. The first-order chi connectivity index (χ1) is 8.06. The molecule has 0 bridgehead atoms. The van der Waals surface area contributed by atoms with Crippen LogP contribution in [0.25, 0.3) is 0 Å². The van der Waals surface area contributed by atoms with Crippen molar-refractivity contribution in [1.29, 1.82) is 0 Å². The molecule has 0 amide bonds.